The number of benzene rings is 1. The summed E-state index contributed by atoms with van der Waals surface area (Å²) in [5, 5.41) is 0. The zero-order valence-corrected chi connectivity index (χ0v) is 15.1. The molecule has 0 saturated carbocycles. The number of halogens is 1. The first-order chi connectivity index (χ1) is 12.5. The summed E-state index contributed by atoms with van der Waals surface area (Å²) in [6, 6.07) is 9.54. The maximum absolute atomic E-state index is 13.8. The molecular formula is C20H23FN2O3. The summed E-state index contributed by atoms with van der Waals surface area (Å²) in [4.78, 5) is 27.9. The van der Waals surface area contributed by atoms with Crippen LogP contribution in [0.1, 0.15) is 25.0 Å². The van der Waals surface area contributed by atoms with Gasteiger partial charge in [0.25, 0.3) is 0 Å². The van der Waals surface area contributed by atoms with E-state index in [2.05, 4.69) is 0 Å². The molecule has 2 aromatic rings. The fourth-order valence-corrected chi connectivity index (χ4v) is 3.31. The van der Waals surface area contributed by atoms with Crippen molar-refractivity contribution in [3.63, 3.8) is 0 Å². The van der Waals surface area contributed by atoms with Crippen LogP contribution in [0.5, 0.6) is 0 Å². The first kappa shape index (κ1) is 18.2. The Bertz CT molecular complexity index is 800. The van der Waals surface area contributed by atoms with Crippen molar-refractivity contribution in [2.75, 3.05) is 20.6 Å². The third kappa shape index (κ3) is 3.79. The molecule has 1 atom stereocenters. The molecule has 3 rings (SSSR count). The molecule has 1 unspecified atom stereocenters. The smallest absolute Gasteiger partial charge is 0.244 e. The van der Waals surface area contributed by atoms with Crippen LogP contribution in [0.25, 0.3) is 11.3 Å². The van der Waals surface area contributed by atoms with Gasteiger partial charge in [-0.2, -0.15) is 0 Å². The number of furan rings is 1. The largest absolute Gasteiger partial charge is 0.461 e. The molecule has 26 heavy (non-hydrogen) atoms. The third-order valence-corrected chi connectivity index (χ3v) is 4.69. The fraction of sp³-hybridized carbons (Fsp3) is 0.400. The number of amides is 2. The third-order valence-electron chi connectivity index (χ3n) is 4.69. The van der Waals surface area contributed by atoms with E-state index in [-0.39, 0.29) is 30.1 Å². The van der Waals surface area contributed by atoms with Gasteiger partial charge >= 0.3 is 0 Å². The summed E-state index contributed by atoms with van der Waals surface area (Å²) in [6.45, 7) is 0.613. The molecule has 2 amide bonds. The van der Waals surface area contributed by atoms with Crippen LogP contribution < -0.4 is 0 Å². The van der Waals surface area contributed by atoms with E-state index in [1.807, 2.05) is 0 Å². The highest BCUT2D eigenvalue weighted by Gasteiger charge is 2.34. The highest BCUT2D eigenvalue weighted by molar-refractivity contribution is 5.88. The zero-order chi connectivity index (χ0) is 18.7. The number of likely N-dealkylation sites (tertiary alicyclic amines) is 1. The Hall–Kier alpha value is -2.63. The highest BCUT2D eigenvalue weighted by atomic mass is 19.1. The Morgan fingerprint density at radius 3 is 2.73 bits per heavy atom. The van der Waals surface area contributed by atoms with Gasteiger partial charge in [-0.1, -0.05) is 12.1 Å². The van der Waals surface area contributed by atoms with Gasteiger partial charge in [-0.05, 0) is 37.1 Å². The lowest BCUT2D eigenvalue weighted by atomic mass is 10.1. The number of carbonyl (C=O) groups is 2. The number of hydrogen-bond donors (Lipinski definition) is 0. The summed E-state index contributed by atoms with van der Waals surface area (Å²) < 4.78 is 19.5. The fourth-order valence-electron chi connectivity index (χ4n) is 3.31. The molecule has 1 saturated heterocycles. The monoisotopic (exact) mass is 358 g/mol. The van der Waals surface area contributed by atoms with Gasteiger partial charge < -0.3 is 14.2 Å². The molecule has 1 aromatic heterocycles. The molecule has 0 aliphatic carbocycles. The van der Waals surface area contributed by atoms with E-state index in [1.165, 1.54) is 11.0 Å². The van der Waals surface area contributed by atoms with Gasteiger partial charge in [-0.3, -0.25) is 9.59 Å². The number of carbonyl (C=O) groups excluding carboxylic acids is 2. The molecule has 1 aliphatic heterocycles. The van der Waals surface area contributed by atoms with Crippen LogP contribution in [0.2, 0.25) is 0 Å². The second-order valence-electron chi connectivity index (χ2n) is 6.72. The zero-order valence-electron chi connectivity index (χ0n) is 15.1. The van der Waals surface area contributed by atoms with Gasteiger partial charge in [0.2, 0.25) is 11.8 Å². The van der Waals surface area contributed by atoms with Crippen molar-refractivity contribution >= 4 is 11.8 Å². The lowest BCUT2D eigenvalue weighted by Gasteiger charge is -2.26. The Morgan fingerprint density at radius 1 is 1.23 bits per heavy atom. The van der Waals surface area contributed by atoms with E-state index in [0.29, 0.717) is 36.5 Å². The Labute approximate surface area is 152 Å². The second kappa shape index (κ2) is 7.72. The highest BCUT2D eigenvalue weighted by Crippen LogP contribution is 2.26. The molecule has 0 spiro atoms. The van der Waals surface area contributed by atoms with Gasteiger partial charge in [0.1, 0.15) is 23.4 Å². The SMILES string of the molecule is CN(C)C(=O)C1CCCN1C(=O)CCc1ccc(-c2ccccc2F)o1. The minimum Gasteiger partial charge on any atom is -0.461 e. The maximum Gasteiger partial charge on any atom is 0.244 e. The van der Waals surface area contributed by atoms with Crippen molar-refractivity contribution in [3.05, 3.63) is 48.0 Å². The van der Waals surface area contributed by atoms with E-state index < -0.39 is 0 Å². The lowest BCUT2D eigenvalue weighted by Crippen LogP contribution is -2.45. The Morgan fingerprint density at radius 2 is 2.00 bits per heavy atom. The lowest BCUT2D eigenvalue weighted by molar-refractivity contribution is -0.142. The molecule has 1 aliphatic rings. The van der Waals surface area contributed by atoms with Crippen molar-refractivity contribution in [1.82, 2.24) is 9.80 Å². The van der Waals surface area contributed by atoms with Crippen molar-refractivity contribution < 1.29 is 18.4 Å². The van der Waals surface area contributed by atoms with Crippen molar-refractivity contribution in [3.8, 4) is 11.3 Å². The molecule has 2 heterocycles. The van der Waals surface area contributed by atoms with E-state index in [9.17, 15) is 14.0 Å². The summed E-state index contributed by atoms with van der Waals surface area (Å²) in [7, 11) is 3.41. The molecular weight excluding hydrogens is 335 g/mol. The molecule has 1 fully saturated rings. The average molecular weight is 358 g/mol. The number of rotatable bonds is 5. The molecule has 1 aromatic carbocycles. The van der Waals surface area contributed by atoms with Gasteiger partial charge in [0.05, 0.1) is 5.56 Å². The molecule has 5 nitrogen and oxygen atoms in total. The van der Waals surface area contributed by atoms with E-state index >= 15 is 0 Å². The molecule has 0 N–H and O–H groups in total. The van der Waals surface area contributed by atoms with Crippen LogP contribution in [-0.4, -0.2) is 48.3 Å². The summed E-state index contributed by atoms with van der Waals surface area (Å²) in [6.07, 6.45) is 2.24. The van der Waals surface area contributed by atoms with Crippen LogP contribution in [0.4, 0.5) is 4.39 Å². The van der Waals surface area contributed by atoms with Crippen molar-refractivity contribution in [1.29, 1.82) is 0 Å². The van der Waals surface area contributed by atoms with Gasteiger partial charge in [-0.25, -0.2) is 4.39 Å². The second-order valence-corrected chi connectivity index (χ2v) is 6.72. The predicted molar refractivity (Wildman–Crippen MR) is 95.9 cm³/mol. The van der Waals surface area contributed by atoms with Gasteiger partial charge in [-0.15, -0.1) is 0 Å². The average Bonchev–Trinajstić information content (AvgIpc) is 3.29. The Balaban J connectivity index is 1.62. The van der Waals surface area contributed by atoms with E-state index in [4.69, 9.17) is 4.42 Å². The standard InChI is InChI=1S/C20H23FN2O3/c1-22(2)20(25)17-8-5-13-23(17)19(24)12-10-14-9-11-18(26-14)15-6-3-4-7-16(15)21/h3-4,6-7,9,11,17H,5,8,10,12-13H2,1-2H3. The quantitative estimate of drug-likeness (QED) is 0.825. The number of aryl methyl sites for hydroxylation is 1. The van der Waals surface area contributed by atoms with Crippen LogP contribution in [0.15, 0.2) is 40.8 Å². The molecule has 0 bridgehead atoms. The topological polar surface area (TPSA) is 53.8 Å². The number of likely N-dealkylation sites (N-methyl/N-ethyl adjacent to an activating group) is 1. The first-order valence-electron chi connectivity index (χ1n) is 8.81. The molecule has 0 radical (unpaired) electrons. The van der Waals surface area contributed by atoms with Crippen LogP contribution >= 0.6 is 0 Å². The van der Waals surface area contributed by atoms with Crippen LogP contribution in [-0.2, 0) is 16.0 Å². The normalized spacial score (nSPS) is 16.7. The molecule has 138 valence electrons. The maximum atomic E-state index is 13.8. The van der Waals surface area contributed by atoms with Gasteiger partial charge in [0.15, 0.2) is 0 Å². The van der Waals surface area contributed by atoms with Crippen molar-refractivity contribution in [2.24, 2.45) is 0 Å². The Kier molecular flexibility index (Phi) is 5.40. The first-order valence-corrected chi connectivity index (χ1v) is 8.81. The minimum absolute atomic E-state index is 0.0318. The predicted octanol–water partition coefficient (Wildman–Crippen LogP) is 3.10. The number of nitrogens with zero attached hydrogens (tertiary/aromatic N) is 2. The van der Waals surface area contributed by atoms with Crippen molar-refractivity contribution in [2.45, 2.75) is 31.7 Å². The van der Waals surface area contributed by atoms with Gasteiger partial charge in [0, 0.05) is 33.5 Å². The van der Waals surface area contributed by atoms with Crippen LogP contribution in [0, 0.1) is 5.82 Å². The number of hydrogen-bond acceptors (Lipinski definition) is 3. The van der Waals surface area contributed by atoms with E-state index in [1.54, 1.807) is 49.3 Å². The summed E-state index contributed by atoms with van der Waals surface area (Å²) in [5.74, 6) is 0.660. The molecule has 6 heteroatoms. The summed E-state index contributed by atoms with van der Waals surface area (Å²) in [5.41, 5.74) is 0.404. The summed E-state index contributed by atoms with van der Waals surface area (Å²) >= 11 is 0. The minimum atomic E-state index is -0.358. The van der Waals surface area contributed by atoms with Crippen LogP contribution in [0.3, 0.4) is 0 Å². The van der Waals surface area contributed by atoms with E-state index in [0.717, 1.165) is 6.42 Å².